The Morgan fingerprint density at radius 3 is 2.38 bits per heavy atom. The molecule has 0 aromatic heterocycles. The van der Waals surface area contributed by atoms with E-state index in [1.165, 1.54) is 23.9 Å². The van der Waals surface area contributed by atoms with Crippen LogP contribution in [-0.4, -0.2) is 23.4 Å². The first-order valence-corrected chi connectivity index (χ1v) is 10.7. The third-order valence-electron chi connectivity index (χ3n) is 4.64. The number of carboxylic acids is 1. The van der Waals surface area contributed by atoms with E-state index in [0.717, 1.165) is 16.5 Å². The van der Waals surface area contributed by atoms with Gasteiger partial charge in [-0.2, -0.15) is 13.2 Å². The fraction of sp³-hybridized carbons (Fsp3) is 0.160. The van der Waals surface area contributed by atoms with Gasteiger partial charge in [-0.3, -0.25) is 0 Å². The van der Waals surface area contributed by atoms with Gasteiger partial charge >= 0.3 is 12.1 Å². The van der Waals surface area contributed by atoms with Crippen LogP contribution in [0.3, 0.4) is 0 Å². The first kappa shape index (κ1) is 23.5. The first-order chi connectivity index (χ1) is 15.3. The lowest BCUT2D eigenvalue weighted by atomic mass is 9.93. The molecule has 7 heteroatoms. The van der Waals surface area contributed by atoms with Crippen molar-refractivity contribution in [2.75, 3.05) is 12.4 Å². The van der Waals surface area contributed by atoms with E-state index in [1.807, 2.05) is 19.1 Å². The monoisotopic (exact) mass is 458 g/mol. The molecular formula is C25H21F3O3S. The smallest absolute Gasteiger partial charge is 0.417 e. The maximum Gasteiger partial charge on any atom is 0.417 e. The Labute approximate surface area is 188 Å². The molecule has 3 rings (SSSR count). The summed E-state index contributed by atoms with van der Waals surface area (Å²) in [5.41, 5.74) is 1.48. The summed E-state index contributed by atoms with van der Waals surface area (Å²) in [6.07, 6.45) is -2.66. The number of aliphatic carboxylic acids is 1. The average Bonchev–Trinajstić information content (AvgIpc) is 2.76. The predicted octanol–water partition coefficient (Wildman–Crippen LogP) is 6.70. The van der Waals surface area contributed by atoms with Gasteiger partial charge in [0.15, 0.2) is 6.61 Å². The average molecular weight is 459 g/mol. The van der Waals surface area contributed by atoms with Crippen LogP contribution in [0.4, 0.5) is 13.2 Å². The molecule has 3 aromatic carbocycles. The summed E-state index contributed by atoms with van der Waals surface area (Å²) >= 11 is 1.47. The van der Waals surface area contributed by atoms with E-state index < -0.39 is 24.3 Å². The Hall–Kier alpha value is -3.19. The Morgan fingerprint density at radius 1 is 1.03 bits per heavy atom. The molecule has 1 N–H and O–H groups in total. The van der Waals surface area contributed by atoms with Gasteiger partial charge in [-0.1, -0.05) is 54.6 Å². The molecule has 0 saturated carbocycles. The van der Waals surface area contributed by atoms with Crippen LogP contribution < -0.4 is 4.74 Å². The van der Waals surface area contributed by atoms with Crippen molar-refractivity contribution in [1.29, 1.82) is 0 Å². The molecule has 0 aliphatic carbocycles. The lowest BCUT2D eigenvalue weighted by molar-refractivity contribution is -0.139. The van der Waals surface area contributed by atoms with Gasteiger partial charge in [-0.05, 0) is 53.5 Å². The van der Waals surface area contributed by atoms with Gasteiger partial charge < -0.3 is 9.84 Å². The molecule has 0 unspecified atom stereocenters. The van der Waals surface area contributed by atoms with Crippen LogP contribution in [0.25, 0.3) is 5.57 Å². The Bertz CT molecular complexity index is 1110. The summed E-state index contributed by atoms with van der Waals surface area (Å²) < 4.78 is 46.1. The number of alkyl halides is 3. The van der Waals surface area contributed by atoms with E-state index in [1.54, 1.807) is 48.5 Å². The fourth-order valence-corrected chi connectivity index (χ4v) is 4.07. The predicted molar refractivity (Wildman–Crippen MR) is 120 cm³/mol. The molecule has 3 aromatic rings. The third kappa shape index (κ3) is 6.17. The summed E-state index contributed by atoms with van der Waals surface area (Å²) in [4.78, 5) is 11.6. The number of rotatable bonds is 8. The van der Waals surface area contributed by atoms with E-state index in [-0.39, 0.29) is 5.56 Å². The number of halogens is 3. The molecule has 0 saturated heterocycles. The Balaban J connectivity index is 1.86. The summed E-state index contributed by atoms with van der Waals surface area (Å²) in [5, 5.41) is 8.74. The largest absolute Gasteiger partial charge is 0.482 e. The highest BCUT2D eigenvalue weighted by molar-refractivity contribution is 7.99. The van der Waals surface area contributed by atoms with Crippen molar-refractivity contribution in [2.24, 2.45) is 0 Å². The zero-order valence-corrected chi connectivity index (χ0v) is 18.0. The van der Waals surface area contributed by atoms with Gasteiger partial charge in [0.25, 0.3) is 0 Å². The number of carbonyl (C=O) groups is 1. The number of hydrogen-bond acceptors (Lipinski definition) is 3. The van der Waals surface area contributed by atoms with Gasteiger partial charge in [-0.25, -0.2) is 4.79 Å². The van der Waals surface area contributed by atoms with Crippen LogP contribution in [0.15, 0.2) is 83.8 Å². The van der Waals surface area contributed by atoms with Gasteiger partial charge in [0.05, 0.1) is 5.56 Å². The zero-order valence-electron chi connectivity index (χ0n) is 17.2. The van der Waals surface area contributed by atoms with Crippen LogP contribution in [-0.2, 0) is 11.0 Å². The molecule has 166 valence electrons. The summed E-state index contributed by atoms with van der Waals surface area (Å²) in [5.74, 6) is -0.123. The topological polar surface area (TPSA) is 46.5 Å². The van der Waals surface area contributed by atoms with Crippen LogP contribution in [0, 0.1) is 6.92 Å². The normalized spacial score (nSPS) is 11.9. The van der Waals surface area contributed by atoms with E-state index >= 15 is 0 Å². The number of benzene rings is 3. The number of aryl methyl sites for hydroxylation is 1. The van der Waals surface area contributed by atoms with E-state index in [4.69, 9.17) is 9.84 Å². The van der Waals surface area contributed by atoms with Crippen molar-refractivity contribution in [2.45, 2.75) is 18.0 Å². The number of hydrogen-bond donors (Lipinski definition) is 1. The second-order valence-electron chi connectivity index (χ2n) is 6.95. The molecule has 0 aliphatic rings. The van der Waals surface area contributed by atoms with Crippen LogP contribution in [0.5, 0.6) is 5.75 Å². The Morgan fingerprint density at radius 2 is 1.72 bits per heavy atom. The van der Waals surface area contributed by atoms with E-state index in [0.29, 0.717) is 22.6 Å². The lowest BCUT2D eigenvalue weighted by Crippen LogP contribution is -2.10. The highest BCUT2D eigenvalue weighted by Crippen LogP contribution is 2.37. The molecule has 0 radical (unpaired) electrons. The number of ether oxygens (including phenoxy) is 1. The van der Waals surface area contributed by atoms with Crippen LogP contribution in [0.2, 0.25) is 0 Å². The molecule has 0 atom stereocenters. The van der Waals surface area contributed by atoms with Crippen molar-refractivity contribution < 1.29 is 27.8 Å². The second kappa shape index (κ2) is 10.4. The van der Waals surface area contributed by atoms with Gasteiger partial charge in [0, 0.05) is 10.6 Å². The molecule has 0 aliphatic heterocycles. The quantitative estimate of drug-likeness (QED) is 0.382. The van der Waals surface area contributed by atoms with Crippen LogP contribution >= 0.6 is 11.8 Å². The minimum absolute atomic E-state index is 0.139. The molecule has 0 heterocycles. The first-order valence-electron chi connectivity index (χ1n) is 9.76. The van der Waals surface area contributed by atoms with Gasteiger partial charge in [-0.15, -0.1) is 11.8 Å². The van der Waals surface area contributed by atoms with Gasteiger partial charge in [0.2, 0.25) is 0 Å². The third-order valence-corrected chi connectivity index (χ3v) is 5.56. The minimum Gasteiger partial charge on any atom is -0.482 e. The van der Waals surface area contributed by atoms with E-state index in [2.05, 4.69) is 0 Å². The molecule has 3 nitrogen and oxygen atoms in total. The molecular weight excluding hydrogens is 437 g/mol. The zero-order chi connectivity index (χ0) is 23.1. The molecule has 0 bridgehead atoms. The molecule has 0 fully saturated rings. The number of thioether (sulfide) groups is 1. The summed E-state index contributed by atoms with van der Waals surface area (Å²) in [7, 11) is 0. The maximum absolute atomic E-state index is 13.6. The highest BCUT2D eigenvalue weighted by atomic mass is 32.2. The van der Waals surface area contributed by atoms with Crippen molar-refractivity contribution >= 4 is 23.3 Å². The van der Waals surface area contributed by atoms with Crippen molar-refractivity contribution in [1.82, 2.24) is 0 Å². The second-order valence-corrected chi connectivity index (χ2v) is 8.04. The SMILES string of the molecule is Cc1cc(SC/C=C(/c2ccccc2)c2ccccc2C(F)(F)F)ccc1OCC(=O)O. The minimum atomic E-state index is -4.46. The molecule has 32 heavy (non-hydrogen) atoms. The van der Waals surface area contributed by atoms with Gasteiger partial charge in [0.1, 0.15) is 5.75 Å². The van der Waals surface area contributed by atoms with Crippen molar-refractivity contribution in [3.8, 4) is 5.75 Å². The maximum atomic E-state index is 13.6. The standard InChI is InChI=1S/C25H21F3O3S/c1-17-15-19(11-12-23(17)31-16-24(29)30)32-14-13-20(18-7-3-2-4-8-18)21-9-5-6-10-22(21)25(26,27)28/h2-13,15H,14,16H2,1H3,(H,29,30)/b20-13-. The Kier molecular flexibility index (Phi) is 7.64. The van der Waals surface area contributed by atoms with Crippen molar-refractivity contribution in [3.05, 3.63) is 101 Å². The molecule has 0 amide bonds. The van der Waals surface area contributed by atoms with Crippen LogP contribution in [0.1, 0.15) is 22.3 Å². The fourth-order valence-electron chi connectivity index (χ4n) is 3.20. The molecule has 0 spiro atoms. The number of carboxylic acid groups (broad SMARTS) is 1. The summed E-state index contributed by atoms with van der Waals surface area (Å²) in [6, 6.07) is 19.9. The summed E-state index contributed by atoms with van der Waals surface area (Å²) in [6.45, 7) is 1.39. The highest BCUT2D eigenvalue weighted by Gasteiger charge is 2.33. The lowest BCUT2D eigenvalue weighted by Gasteiger charge is -2.16. The van der Waals surface area contributed by atoms with Crippen molar-refractivity contribution in [3.63, 3.8) is 0 Å². The van der Waals surface area contributed by atoms with E-state index in [9.17, 15) is 18.0 Å².